The summed E-state index contributed by atoms with van der Waals surface area (Å²) in [7, 11) is 3.29. The first-order valence-corrected chi connectivity index (χ1v) is 13.8. The average molecular weight is 540 g/mol. The highest BCUT2D eigenvalue weighted by atomic mass is 19.1. The van der Waals surface area contributed by atoms with E-state index in [9.17, 15) is 14.3 Å². The number of fused-ring (bicyclic) bond motifs is 1. The van der Waals surface area contributed by atoms with E-state index in [0.29, 0.717) is 36.4 Å². The average Bonchev–Trinajstić information content (AvgIpc) is 3.31. The van der Waals surface area contributed by atoms with E-state index in [1.165, 1.54) is 30.4 Å². The lowest BCUT2D eigenvalue weighted by atomic mass is 9.87. The van der Waals surface area contributed by atoms with Crippen LogP contribution in [0.2, 0.25) is 0 Å². The normalized spacial score (nSPS) is 15.7. The highest BCUT2D eigenvalue weighted by molar-refractivity contribution is 5.92. The number of carbonyl (C=O) groups is 1. The minimum absolute atomic E-state index is 0.0286. The second-order valence-electron chi connectivity index (χ2n) is 11.4. The zero-order valence-electron chi connectivity index (χ0n) is 23.9. The summed E-state index contributed by atoms with van der Waals surface area (Å²) in [6, 6.07) is 12.7. The molecule has 0 aliphatic carbocycles. The van der Waals surface area contributed by atoms with Crippen LogP contribution < -0.4 is 14.8 Å². The van der Waals surface area contributed by atoms with Crippen LogP contribution >= 0.6 is 0 Å². The number of piperidine rings is 1. The lowest BCUT2D eigenvalue weighted by molar-refractivity contribution is -0.131. The highest BCUT2D eigenvalue weighted by Crippen LogP contribution is 2.40. The topological polar surface area (TPSA) is 86.8 Å². The van der Waals surface area contributed by atoms with Gasteiger partial charge in [0.1, 0.15) is 6.17 Å². The molecule has 4 rings (SSSR count). The zero-order valence-corrected chi connectivity index (χ0v) is 23.9. The standard InChI is InChI=1S/C31H42FN3O4/c1-19(2)29-23-15-21(7-9-24(23)34-30(29)22-8-10-25(38-5)26(16-22)39-6)20-11-13-35(14-12-20)28(36)18-33-17-27(32)31(3,4)37/h7-10,15-16,19-20,27,33-34,37H,11-14,17-18H2,1-6H3. The van der Waals surface area contributed by atoms with Crippen molar-refractivity contribution < 1.29 is 23.8 Å². The van der Waals surface area contributed by atoms with E-state index in [2.05, 4.69) is 48.4 Å². The van der Waals surface area contributed by atoms with Crippen LogP contribution in [0.25, 0.3) is 22.2 Å². The lowest BCUT2D eigenvalue weighted by Crippen LogP contribution is -2.46. The van der Waals surface area contributed by atoms with E-state index in [0.717, 1.165) is 29.6 Å². The number of ether oxygens (including phenoxy) is 2. The second-order valence-corrected chi connectivity index (χ2v) is 11.4. The van der Waals surface area contributed by atoms with Gasteiger partial charge in [-0.2, -0.15) is 0 Å². The maximum absolute atomic E-state index is 13.9. The highest BCUT2D eigenvalue weighted by Gasteiger charge is 2.28. The number of halogens is 1. The molecule has 8 heteroatoms. The van der Waals surface area contributed by atoms with Gasteiger partial charge in [-0.25, -0.2) is 4.39 Å². The monoisotopic (exact) mass is 539 g/mol. The number of aromatic amines is 1. The van der Waals surface area contributed by atoms with Gasteiger partial charge in [0.2, 0.25) is 5.91 Å². The van der Waals surface area contributed by atoms with Gasteiger partial charge in [-0.3, -0.25) is 4.79 Å². The summed E-state index contributed by atoms with van der Waals surface area (Å²) in [6.45, 7) is 8.66. The predicted octanol–water partition coefficient (Wildman–Crippen LogP) is 5.38. The number of aromatic nitrogens is 1. The summed E-state index contributed by atoms with van der Waals surface area (Å²) in [6.07, 6.45) is 0.343. The molecule has 2 heterocycles. The number of alkyl halides is 1. The summed E-state index contributed by atoms with van der Waals surface area (Å²) in [4.78, 5) is 18.1. The molecule has 3 aromatic rings. The van der Waals surface area contributed by atoms with Crippen LogP contribution in [-0.4, -0.2) is 73.1 Å². The molecule has 7 nitrogen and oxygen atoms in total. The number of hydrogen-bond acceptors (Lipinski definition) is 5. The number of likely N-dealkylation sites (tertiary alicyclic amines) is 1. The van der Waals surface area contributed by atoms with Gasteiger partial charge in [0.15, 0.2) is 11.5 Å². The van der Waals surface area contributed by atoms with Crippen molar-refractivity contribution in [1.29, 1.82) is 0 Å². The number of rotatable bonds is 10. The SMILES string of the molecule is COc1ccc(-c2[nH]c3ccc(C4CCN(C(=O)CNCC(F)C(C)(C)O)CC4)cc3c2C(C)C)cc1OC. The Bertz CT molecular complexity index is 1290. The molecule has 0 saturated carbocycles. The molecule has 0 bridgehead atoms. The van der Waals surface area contributed by atoms with Crippen molar-refractivity contribution in [2.75, 3.05) is 40.4 Å². The first kappa shape index (κ1) is 28.9. The summed E-state index contributed by atoms with van der Waals surface area (Å²) in [5, 5.41) is 13.8. The van der Waals surface area contributed by atoms with E-state index < -0.39 is 11.8 Å². The fourth-order valence-electron chi connectivity index (χ4n) is 5.43. The maximum atomic E-state index is 13.9. The van der Waals surface area contributed by atoms with Crippen LogP contribution in [0.1, 0.15) is 63.5 Å². The number of benzene rings is 2. The number of methoxy groups -OCH3 is 2. The molecule has 212 valence electrons. The molecular weight excluding hydrogens is 497 g/mol. The molecule has 39 heavy (non-hydrogen) atoms. The van der Waals surface area contributed by atoms with Gasteiger partial charge in [0, 0.05) is 36.1 Å². The Morgan fingerprint density at radius 1 is 1.13 bits per heavy atom. The molecule has 1 fully saturated rings. The third-order valence-corrected chi connectivity index (χ3v) is 7.80. The molecule has 1 unspecified atom stereocenters. The smallest absolute Gasteiger partial charge is 0.236 e. The first-order valence-electron chi connectivity index (χ1n) is 13.8. The fraction of sp³-hybridized carbons (Fsp3) is 0.516. The van der Waals surface area contributed by atoms with E-state index in [-0.39, 0.29) is 19.0 Å². The summed E-state index contributed by atoms with van der Waals surface area (Å²) in [5.74, 6) is 2.05. The summed E-state index contributed by atoms with van der Waals surface area (Å²) in [5.41, 5.74) is 4.38. The molecule has 1 aliphatic heterocycles. The minimum atomic E-state index is -1.43. The van der Waals surface area contributed by atoms with Gasteiger partial charge in [-0.05, 0) is 80.0 Å². The maximum Gasteiger partial charge on any atom is 0.236 e. The third kappa shape index (κ3) is 6.39. The van der Waals surface area contributed by atoms with Gasteiger partial charge >= 0.3 is 0 Å². The Hall–Kier alpha value is -3.10. The van der Waals surface area contributed by atoms with Crippen molar-refractivity contribution in [3.8, 4) is 22.8 Å². The molecule has 3 N–H and O–H groups in total. The Kier molecular flexibility index (Phi) is 8.86. The third-order valence-electron chi connectivity index (χ3n) is 7.80. The van der Waals surface area contributed by atoms with Crippen LogP contribution in [0, 0.1) is 0 Å². The van der Waals surface area contributed by atoms with E-state index >= 15 is 0 Å². The molecular formula is C31H42FN3O4. The molecule has 1 saturated heterocycles. The van der Waals surface area contributed by atoms with Crippen LogP contribution in [0.4, 0.5) is 4.39 Å². The largest absolute Gasteiger partial charge is 0.493 e. The zero-order chi connectivity index (χ0) is 28.3. The van der Waals surface area contributed by atoms with Gasteiger partial charge in [-0.1, -0.05) is 19.9 Å². The number of H-pyrrole nitrogens is 1. The van der Waals surface area contributed by atoms with Crippen molar-refractivity contribution in [2.24, 2.45) is 0 Å². The molecule has 0 spiro atoms. The van der Waals surface area contributed by atoms with Crippen LogP contribution in [0.15, 0.2) is 36.4 Å². The quantitative estimate of drug-likeness (QED) is 0.322. The number of amides is 1. The van der Waals surface area contributed by atoms with Crippen molar-refractivity contribution >= 4 is 16.8 Å². The van der Waals surface area contributed by atoms with Gasteiger partial charge in [-0.15, -0.1) is 0 Å². The number of nitrogens with one attached hydrogen (secondary N) is 2. The van der Waals surface area contributed by atoms with Crippen LogP contribution in [-0.2, 0) is 4.79 Å². The molecule has 1 aliphatic rings. The Morgan fingerprint density at radius 2 is 1.82 bits per heavy atom. The molecule has 1 amide bonds. The van der Waals surface area contributed by atoms with Gasteiger partial charge in [0.25, 0.3) is 0 Å². The van der Waals surface area contributed by atoms with E-state index in [1.54, 1.807) is 14.2 Å². The minimum Gasteiger partial charge on any atom is -0.493 e. The number of aliphatic hydroxyl groups is 1. The van der Waals surface area contributed by atoms with Gasteiger partial charge < -0.3 is 29.8 Å². The lowest BCUT2D eigenvalue weighted by Gasteiger charge is -2.32. The fourth-order valence-corrected chi connectivity index (χ4v) is 5.43. The van der Waals surface area contributed by atoms with Crippen LogP contribution in [0.3, 0.4) is 0 Å². The van der Waals surface area contributed by atoms with E-state index in [4.69, 9.17) is 9.47 Å². The second kappa shape index (κ2) is 12.0. The Labute approximate surface area is 230 Å². The molecule has 2 aromatic carbocycles. The van der Waals surface area contributed by atoms with Crippen molar-refractivity contribution in [2.45, 2.75) is 64.1 Å². The van der Waals surface area contributed by atoms with Crippen molar-refractivity contribution in [3.63, 3.8) is 0 Å². The Balaban J connectivity index is 1.47. The van der Waals surface area contributed by atoms with Gasteiger partial charge in [0.05, 0.1) is 32.1 Å². The number of carbonyl (C=O) groups excluding carboxylic acids is 1. The van der Waals surface area contributed by atoms with E-state index in [1.807, 2.05) is 17.0 Å². The van der Waals surface area contributed by atoms with Crippen LogP contribution in [0.5, 0.6) is 11.5 Å². The first-order chi connectivity index (χ1) is 18.5. The number of nitrogens with zero attached hydrogens (tertiary/aromatic N) is 1. The predicted molar refractivity (Wildman–Crippen MR) is 154 cm³/mol. The number of hydrogen-bond donors (Lipinski definition) is 3. The molecule has 1 atom stereocenters. The summed E-state index contributed by atoms with van der Waals surface area (Å²) >= 11 is 0. The molecule has 1 aromatic heterocycles. The molecule has 0 radical (unpaired) electrons. The summed E-state index contributed by atoms with van der Waals surface area (Å²) < 4.78 is 24.9. The van der Waals surface area contributed by atoms with Crippen molar-refractivity contribution in [3.05, 3.63) is 47.5 Å². The van der Waals surface area contributed by atoms with Crippen molar-refractivity contribution in [1.82, 2.24) is 15.2 Å². The Morgan fingerprint density at radius 3 is 2.44 bits per heavy atom.